The summed E-state index contributed by atoms with van der Waals surface area (Å²) >= 11 is 11.3. The number of ether oxygens (including phenoxy) is 1. The molecule has 0 amide bonds. The van der Waals surface area contributed by atoms with Crippen LogP contribution >= 0.6 is 23.6 Å². The zero-order valence-corrected chi connectivity index (χ0v) is 23.4. The van der Waals surface area contributed by atoms with Crippen molar-refractivity contribution < 1.29 is 21.6 Å². The minimum Gasteiger partial charge on any atom is -0.375 e. The summed E-state index contributed by atoms with van der Waals surface area (Å²) in [6.07, 6.45) is 1.44. The molecule has 7 nitrogen and oxygen atoms in total. The maximum absolute atomic E-state index is 12.8. The molecule has 0 aromatic heterocycles. The Kier molecular flexibility index (Phi) is 11.8. The molecule has 0 aliphatic carbocycles. The van der Waals surface area contributed by atoms with Crippen LogP contribution in [0, 0.1) is 0 Å². The molecular formula is C20H42Cl2N2O5S2. The van der Waals surface area contributed by atoms with Gasteiger partial charge in [0.2, 0.25) is 0 Å². The highest BCUT2D eigenvalue weighted by Crippen LogP contribution is 2.26. The van der Waals surface area contributed by atoms with Crippen LogP contribution in [0.5, 0.6) is 0 Å². The Morgan fingerprint density at radius 1 is 0.677 bits per heavy atom. The molecule has 0 radical (unpaired) electrons. The second-order valence-corrected chi connectivity index (χ2v) is 16.2. The topological polar surface area (TPSA) is 102 Å². The zero-order chi connectivity index (χ0) is 24.8. The van der Waals surface area contributed by atoms with Crippen molar-refractivity contribution in [1.82, 2.24) is 9.67 Å². The molecule has 0 aromatic carbocycles. The summed E-state index contributed by atoms with van der Waals surface area (Å²) in [6, 6.07) is 0. The second-order valence-electron chi connectivity index (χ2n) is 10.8. The lowest BCUT2D eigenvalue weighted by Gasteiger charge is -2.30. The van der Waals surface area contributed by atoms with Crippen LogP contribution in [-0.2, 0) is 24.4 Å². The molecule has 0 fully saturated rings. The first-order valence-corrected chi connectivity index (χ1v) is 14.8. The average molecular weight is 526 g/mol. The molecule has 2 N–H and O–H groups in total. The van der Waals surface area contributed by atoms with Crippen molar-refractivity contribution in [2.24, 2.45) is 0 Å². The van der Waals surface area contributed by atoms with Crippen molar-refractivity contribution in [3.05, 3.63) is 0 Å². The number of rotatable bonds is 16. The average Bonchev–Trinajstić information content (AvgIpc) is 2.63. The Hall–Kier alpha value is 0.360. The highest BCUT2D eigenvalue weighted by atomic mass is 35.5. The van der Waals surface area contributed by atoms with Crippen molar-refractivity contribution >= 4 is 43.2 Å². The standard InChI is InChI=1S/C20H42Cl2N2O5S2/c1-17(2,23-21)10-14-30(25,26)15-12-19(5,6)29-13-9-20(7,8)31(27,28)16-11-18(3,4)24-22/h23-24H,9-16H2,1-8H3. The van der Waals surface area contributed by atoms with Gasteiger partial charge in [0.25, 0.3) is 0 Å². The SMILES string of the molecule is CC(C)(CCS(=O)(=O)CCC(C)(C)OCCC(C)(C)S(=O)(=O)CCC(C)(C)NCl)NCl. The van der Waals surface area contributed by atoms with Gasteiger partial charge in [-0.25, -0.2) is 26.5 Å². The molecule has 0 rings (SSSR count). The van der Waals surface area contributed by atoms with Gasteiger partial charge in [-0.15, -0.1) is 0 Å². The van der Waals surface area contributed by atoms with Crippen molar-refractivity contribution in [1.29, 1.82) is 0 Å². The fourth-order valence-electron chi connectivity index (χ4n) is 2.48. The highest BCUT2D eigenvalue weighted by Gasteiger charge is 2.36. The summed E-state index contributed by atoms with van der Waals surface area (Å²) in [5.74, 6) is 0.0526. The van der Waals surface area contributed by atoms with Crippen LogP contribution in [0.4, 0.5) is 0 Å². The lowest BCUT2D eigenvalue weighted by atomic mass is 10.0. The first-order chi connectivity index (χ1) is 13.7. The van der Waals surface area contributed by atoms with E-state index in [1.54, 1.807) is 13.8 Å². The van der Waals surface area contributed by atoms with Crippen LogP contribution in [-0.4, -0.2) is 62.1 Å². The fraction of sp³-hybridized carbons (Fsp3) is 1.00. The molecule has 0 atom stereocenters. The summed E-state index contributed by atoms with van der Waals surface area (Å²) in [4.78, 5) is 5.18. The minimum absolute atomic E-state index is 0.000561. The lowest BCUT2D eigenvalue weighted by Crippen LogP contribution is -2.41. The van der Waals surface area contributed by atoms with E-state index in [0.717, 1.165) is 0 Å². The second kappa shape index (κ2) is 11.7. The number of sulfone groups is 2. The van der Waals surface area contributed by atoms with Gasteiger partial charge in [-0.2, -0.15) is 0 Å². The van der Waals surface area contributed by atoms with Gasteiger partial charge in [-0.3, -0.25) is 0 Å². The van der Waals surface area contributed by atoms with Gasteiger partial charge in [-0.05, 0) is 105 Å². The van der Waals surface area contributed by atoms with E-state index in [-0.39, 0.29) is 23.9 Å². The van der Waals surface area contributed by atoms with Crippen molar-refractivity contribution in [3.63, 3.8) is 0 Å². The van der Waals surface area contributed by atoms with E-state index < -0.39 is 41.1 Å². The summed E-state index contributed by atoms with van der Waals surface area (Å²) in [5, 5.41) is 0. The van der Waals surface area contributed by atoms with Gasteiger partial charge in [0, 0.05) is 17.7 Å². The summed E-state index contributed by atoms with van der Waals surface area (Å²) in [7, 11) is -6.62. The van der Waals surface area contributed by atoms with E-state index in [1.165, 1.54) is 0 Å². The van der Waals surface area contributed by atoms with Crippen LogP contribution in [0.15, 0.2) is 0 Å². The maximum atomic E-state index is 12.8. The van der Waals surface area contributed by atoms with Crippen LogP contribution in [0.1, 0.15) is 81.1 Å². The van der Waals surface area contributed by atoms with Gasteiger partial charge < -0.3 is 4.74 Å². The largest absolute Gasteiger partial charge is 0.375 e. The molecule has 0 heterocycles. The van der Waals surface area contributed by atoms with Crippen molar-refractivity contribution in [2.75, 3.05) is 23.9 Å². The van der Waals surface area contributed by atoms with E-state index in [1.807, 2.05) is 41.5 Å². The Bertz CT molecular complexity index is 764. The molecular weight excluding hydrogens is 483 g/mol. The van der Waals surface area contributed by atoms with E-state index in [9.17, 15) is 16.8 Å². The number of nitrogens with one attached hydrogen (secondary N) is 2. The monoisotopic (exact) mass is 524 g/mol. The van der Waals surface area contributed by atoms with E-state index in [4.69, 9.17) is 28.3 Å². The first-order valence-electron chi connectivity index (χ1n) is 10.5. The third-order valence-corrected chi connectivity index (χ3v) is 10.9. The predicted octanol–water partition coefficient (Wildman–Crippen LogP) is 3.99. The fourth-order valence-corrected chi connectivity index (χ4v) is 6.22. The molecule has 0 aliphatic rings. The van der Waals surface area contributed by atoms with Gasteiger partial charge in [0.1, 0.15) is 9.84 Å². The van der Waals surface area contributed by atoms with Gasteiger partial charge in [0.15, 0.2) is 9.84 Å². The molecule has 0 saturated carbocycles. The molecule has 31 heavy (non-hydrogen) atoms. The van der Waals surface area contributed by atoms with Gasteiger partial charge in [-0.1, -0.05) is 0 Å². The maximum Gasteiger partial charge on any atom is 0.155 e. The lowest BCUT2D eigenvalue weighted by molar-refractivity contribution is -0.0227. The molecule has 0 saturated heterocycles. The summed E-state index contributed by atoms with van der Waals surface area (Å²) < 4.78 is 55.2. The van der Waals surface area contributed by atoms with Crippen LogP contribution in [0.25, 0.3) is 0 Å². The van der Waals surface area contributed by atoms with Crippen LogP contribution in [0.2, 0.25) is 0 Å². The van der Waals surface area contributed by atoms with E-state index in [0.29, 0.717) is 25.7 Å². The Labute approximate surface area is 200 Å². The summed E-state index contributed by atoms with van der Waals surface area (Å²) in [5.41, 5.74) is -1.63. The minimum atomic E-state index is -3.37. The molecule has 11 heteroatoms. The van der Waals surface area contributed by atoms with Gasteiger partial charge >= 0.3 is 0 Å². The zero-order valence-electron chi connectivity index (χ0n) is 20.3. The highest BCUT2D eigenvalue weighted by molar-refractivity contribution is 7.92. The van der Waals surface area contributed by atoms with E-state index in [2.05, 4.69) is 9.67 Å². The number of hydrogen-bond acceptors (Lipinski definition) is 7. The van der Waals surface area contributed by atoms with E-state index >= 15 is 0 Å². The molecule has 0 aromatic rings. The van der Waals surface area contributed by atoms with Crippen molar-refractivity contribution in [3.8, 4) is 0 Å². The number of hydrogen-bond donors (Lipinski definition) is 2. The first kappa shape index (κ1) is 31.4. The third kappa shape index (κ3) is 12.4. The number of halogens is 2. The Morgan fingerprint density at radius 2 is 1.10 bits per heavy atom. The molecule has 0 spiro atoms. The molecule has 0 bridgehead atoms. The quantitative estimate of drug-likeness (QED) is 0.294. The van der Waals surface area contributed by atoms with Gasteiger partial charge in [0.05, 0.1) is 27.6 Å². The Balaban J connectivity index is 4.70. The van der Waals surface area contributed by atoms with Crippen molar-refractivity contribution in [2.45, 2.75) is 102 Å². The molecule has 0 unspecified atom stereocenters. The normalized spacial score (nSPS) is 14.8. The Morgan fingerprint density at radius 3 is 1.55 bits per heavy atom. The summed E-state index contributed by atoms with van der Waals surface area (Å²) in [6.45, 7) is 14.6. The molecule has 0 aliphatic heterocycles. The molecule has 188 valence electrons. The predicted molar refractivity (Wildman–Crippen MR) is 131 cm³/mol. The third-order valence-electron chi connectivity index (χ3n) is 5.60. The van der Waals surface area contributed by atoms with Crippen LogP contribution in [0.3, 0.4) is 0 Å². The smallest absolute Gasteiger partial charge is 0.155 e. The van der Waals surface area contributed by atoms with Crippen LogP contribution < -0.4 is 9.67 Å².